The van der Waals surface area contributed by atoms with E-state index < -0.39 is 0 Å². The highest BCUT2D eigenvalue weighted by atomic mass is 35.5. The molecule has 0 spiro atoms. The molecule has 1 atom stereocenters. The number of hydrogen-bond donors (Lipinski definition) is 0. The minimum Gasteiger partial charge on any atom is -0.492 e. The Labute approximate surface area is 167 Å². The first kappa shape index (κ1) is 19.8. The van der Waals surface area contributed by atoms with Crippen LogP contribution in [0.2, 0.25) is 5.02 Å². The highest BCUT2D eigenvalue weighted by molar-refractivity contribution is 6.32. The molecule has 0 aromatic heterocycles. The van der Waals surface area contributed by atoms with Crippen LogP contribution in [-0.2, 0) is 0 Å². The van der Waals surface area contributed by atoms with Crippen molar-refractivity contribution in [1.29, 1.82) is 0 Å². The maximum Gasteiger partial charge on any atom is 0.137 e. The lowest BCUT2D eigenvalue weighted by Crippen LogP contribution is -2.44. The molecule has 26 heavy (non-hydrogen) atoms. The standard InChI is InChI=1S/C21H28Cl2N2O/c1-16-14-17(4-6-19(16)22)18-5-7-21(20(23)15-18)26-13-3-8-25-11-9-24(2)10-12-25/h4-7,15,17H,3,8-14H2,1-2H3. The van der Waals surface area contributed by atoms with Crippen molar-refractivity contribution in [1.82, 2.24) is 9.80 Å². The molecule has 1 saturated heterocycles. The van der Waals surface area contributed by atoms with Gasteiger partial charge in [0.2, 0.25) is 0 Å². The van der Waals surface area contributed by atoms with E-state index in [0.717, 1.165) is 56.3 Å². The Bertz CT molecular complexity index is 679. The summed E-state index contributed by atoms with van der Waals surface area (Å²) < 4.78 is 5.91. The largest absolute Gasteiger partial charge is 0.492 e. The molecule has 0 bridgehead atoms. The van der Waals surface area contributed by atoms with Gasteiger partial charge in [-0.1, -0.05) is 40.9 Å². The molecule has 0 saturated carbocycles. The molecule has 1 heterocycles. The van der Waals surface area contributed by atoms with Gasteiger partial charge in [-0.15, -0.1) is 0 Å². The van der Waals surface area contributed by atoms with Crippen molar-refractivity contribution in [2.75, 3.05) is 46.4 Å². The smallest absolute Gasteiger partial charge is 0.137 e. The SMILES string of the molecule is CC1=C(Cl)C=CC(c2ccc(OCCCN3CCN(C)CC3)c(Cl)c2)C1. The van der Waals surface area contributed by atoms with Crippen LogP contribution in [0.4, 0.5) is 0 Å². The van der Waals surface area contributed by atoms with E-state index in [1.54, 1.807) is 0 Å². The Kier molecular flexibility index (Phi) is 7.05. The average Bonchev–Trinajstić information content (AvgIpc) is 2.63. The molecule has 1 fully saturated rings. The molecule has 1 aliphatic carbocycles. The summed E-state index contributed by atoms with van der Waals surface area (Å²) >= 11 is 12.6. The molecule has 1 aliphatic heterocycles. The number of ether oxygens (including phenoxy) is 1. The second-order valence-corrected chi connectivity index (χ2v) is 8.15. The molecule has 1 unspecified atom stereocenters. The zero-order valence-corrected chi connectivity index (χ0v) is 17.2. The minimum atomic E-state index is 0.335. The molecule has 0 radical (unpaired) electrons. The van der Waals surface area contributed by atoms with Gasteiger partial charge in [0.25, 0.3) is 0 Å². The third-order valence-corrected chi connectivity index (χ3v) is 6.01. The first-order valence-corrected chi connectivity index (χ1v) is 10.1. The van der Waals surface area contributed by atoms with E-state index in [9.17, 15) is 0 Å². The molecule has 3 rings (SSSR count). The lowest BCUT2D eigenvalue weighted by atomic mass is 9.89. The van der Waals surface area contributed by atoms with Crippen LogP contribution in [0.5, 0.6) is 5.75 Å². The van der Waals surface area contributed by atoms with Gasteiger partial charge in [0.1, 0.15) is 5.75 Å². The van der Waals surface area contributed by atoms with Gasteiger partial charge in [0, 0.05) is 43.7 Å². The summed E-state index contributed by atoms with van der Waals surface area (Å²) in [6, 6.07) is 6.14. The maximum absolute atomic E-state index is 6.45. The van der Waals surface area contributed by atoms with Crippen molar-refractivity contribution in [3.05, 3.63) is 51.5 Å². The Morgan fingerprint density at radius 3 is 2.62 bits per heavy atom. The normalized spacial score (nSPS) is 22.1. The second kappa shape index (κ2) is 9.27. The van der Waals surface area contributed by atoms with Crippen LogP contribution in [0, 0.1) is 0 Å². The quantitative estimate of drug-likeness (QED) is 0.637. The predicted molar refractivity (Wildman–Crippen MR) is 111 cm³/mol. The number of halogens is 2. The molecule has 1 aromatic carbocycles. The number of hydrogen-bond acceptors (Lipinski definition) is 3. The van der Waals surface area contributed by atoms with Crippen molar-refractivity contribution in [2.24, 2.45) is 0 Å². The molecule has 0 amide bonds. The number of rotatable bonds is 6. The molecule has 0 N–H and O–H groups in total. The fraction of sp³-hybridized carbons (Fsp3) is 0.524. The van der Waals surface area contributed by atoms with Crippen LogP contribution in [-0.4, -0.2) is 56.2 Å². The summed E-state index contributed by atoms with van der Waals surface area (Å²) in [6.07, 6.45) is 6.10. The van der Waals surface area contributed by atoms with E-state index in [1.165, 1.54) is 11.1 Å². The summed E-state index contributed by atoms with van der Waals surface area (Å²) in [5.74, 6) is 1.11. The fourth-order valence-electron chi connectivity index (χ4n) is 3.47. The lowest BCUT2D eigenvalue weighted by molar-refractivity contribution is 0.145. The van der Waals surface area contributed by atoms with Crippen molar-refractivity contribution in [2.45, 2.75) is 25.7 Å². The van der Waals surface area contributed by atoms with Crippen molar-refractivity contribution in [3.8, 4) is 5.75 Å². The van der Waals surface area contributed by atoms with Crippen LogP contribution in [0.15, 0.2) is 41.0 Å². The number of nitrogens with zero attached hydrogens (tertiary/aromatic N) is 2. The van der Waals surface area contributed by atoms with Gasteiger partial charge >= 0.3 is 0 Å². The van der Waals surface area contributed by atoms with Gasteiger partial charge in [0.05, 0.1) is 11.6 Å². The van der Waals surface area contributed by atoms with Crippen molar-refractivity contribution in [3.63, 3.8) is 0 Å². The van der Waals surface area contributed by atoms with Crippen LogP contribution in [0.1, 0.15) is 31.2 Å². The van der Waals surface area contributed by atoms with E-state index in [2.05, 4.69) is 35.9 Å². The number of likely N-dealkylation sites (N-methyl/N-ethyl adjacent to an activating group) is 1. The Balaban J connectivity index is 1.47. The van der Waals surface area contributed by atoms with Gasteiger partial charge in [-0.25, -0.2) is 0 Å². The molecule has 2 aliphatic rings. The average molecular weight is 395 g/mol. The van der Waals surface area contributed by atoms with Gasteiger partial charge in [0.15, 0.2) is 0 Å². The highest BCUT2D eigenvalue weighted by Crippen LogP contribution is 2.35. The zero-order valence-electron chi connectivity index (χ0n) is 15.7. The van der Waals surface area contributed by atoms with Crippen LogP contribution < -0.4 is 4.74 Å². The molecular formula is C21H28Cl2N2O. The van der Waals surface area contributed by atoms with E-state index in [1.807, 2.05) is 18.2 Å². The van der Waals surface area contributed by atoms with Crippen LogP contribution in [0.3, 0.4) is 0 Å². The Morgan fingerprint density at radius 2 is 1.92 bits per heavy atom. The summed E-state index contributed by atoms with van der Waals surface area (Å²) in [7, 11) is 2.18. The second-order valence-electron chi connectivity index (χ2n) is 7.33. The van der Waals surface area contributed by atoms with E-state index >= 15 is 0 Å². The van der Waals surface area contributed by atoms with Gasteiger partial charge in [-0.05, 0) is 50.6 Å². The van der Waals surface area contributed by atoms with Crippen molar-refractivity contribution < 1.29 is 4.74 Å². The van der Waals surface area contributed by atoms with Crippen LogP contribution in [0.25, 0.3) is 0 Å². The fourth-order valence-corrected chi connectivity index (χ4v) is 3.87. The first-order chi connectivity index (χ1) is 12.5. The summed E-state index contributed by atoms with van der Waals surface area (Å²) in [5, 5.41) is 1.54. The number of piperazine rings is 1. The Morgan fingerprint density at radius 1 is 1.15 bits per heavy atom. The molecule has 142 valence electrons. The van der Waals surface area contributed by atoms with E-state index in [4.69, 9.17) is 27.9 Å². The summed E-state index contributed by atoms with van der Waals surface area (Å²) in [5.41, 5.74) is 2.43. The molecule has 1 aromatic rings. The predicted octanol–water partition coefficient (Wildman–Crippen LogP) is 4.91. The van der Waals surface area contributed by atoms with Crippen molar-refractivity contribution >= 4 is 23.2 Å². The highest BCUT2D eigenvalue weighted by Gasteiger charge is 2.16. The zero-order chi connectivity index (χ0) is 18.5. The number of allylic oxidation sites excluding steroid dienone is 4. The lowest BCUT2D eigenvalue weighted by Gasteiger charge is -2.32. The van der Waals surface area contributed by atoms with Gasteiger partial charge in [-0.2, -0.15) is 0 Å². The topological polar surface area (TPSA) is 15.7 Å². The summed E-state index contributed by atoms with van der Waals surface area (Å²) in [4.78, 5) is 4.88. The number of benzene rings is 1. The maximum atomic E-state index is 6.45. The third kappa shape index (κ3) is 5.26. The van der Waals surface area contributed by atoms with Crippen LogP contribution >= 0.6 is 23.2 Å². The monoisotopic (exact) mass is 394 g/mol. The third-order valence-electron chi connectivity index (χ3n) is 5.26. The molecule has 5 heteroatoms. The van der Waals surface area contributed by atoms with E-state index in [0.29, 0.717) is 17.5 Å². The molecular weight excluding hydrogens is 367 g/mol. The molecule has 3 nitrogen and oxygen atoms in total. The van der Waals surface area contributed by atoms with Gasteiger partial charge in [-0.3, -0.25) is 0 Å². The first-order valence-electron chi connectivity index (χ1n) is 9.39. The van der Waals surface area contributed by atoms with Gasteiger partial charge < -0.3 is 14.5 Å². The summed E-state index contributed by atoms with van der Waals surface area (Å²) in [6.45, 7) is 8.48. The minimum absolute atomic E-state index is 0.335. The Hall–Kier alpha value is -1.00. The van der Waals surface area contributed by atoms with E-state index in [-0.39, 0.29) is 0 Å².